The van der Waals surface area contributed by atoms with E-state index in [1.54, 1.807) is 9.58 Å². The van der Waals surface area contributed by atoms with Crippen LogP contribution in [0, 0.1) is 0 Å². The van der Waals surface area contributed by atoms with Gasteiger partial charge in [0.1, 0.15) is 17.6 Å². The molecule has 30 heavy (non-hydrogen) atoms. The molecule has 160 valence electrons. The van der Waals surface area contributed by atoms with Gasteiger partial charge in [-0.25, -0.2) is 14.5 Å². The van der Waals surface area contributed by atoms with Crippen molar-refractivity contribution in [1.82, 2.24) is 25.2 Å². The molecule has 1 amide bonds. The first-order valence-electron chi connectivity index (χ1n) is 10.4. The van der Waals surface area contributed by atoms with Crippen LogP contribution >= 0.6 is 0 Å². The number of hydrogen-bond donors (Lipinski definition) is 3. The Bertz CT molecular complexity index is 931. The second kappa shape index (κ2) is 8.02. The van der Waals surface area contributed by atoms with Gasteiger partial charge in [0.2, 0.25) is 0 Å². The molecule has 2 aliphatic rings. The number of carbonyl (C=O) groups excluding carboxylic acids is 1. The average Bonchev–Trinajstić information content (AvgIpc) is 3.34. The Labute approximate surface area is 177 Å². The smallest absolute Gasteiger partial charge is 0.410 e. The second-order valence-corrected chi connectivity index (χ2v) is 8.84. The number of nitrogens with zero attached hydrogens (tertiary/aromatic N) is 3. The van der Waals surface area contributed by atoms with Crippen LogP contribution in [0.4, 0.5) is 4.79 Å². The largest absolute Gasteiger partial charge is 0.444 e. The number of nitrogens with one attached hydrogen (secondary N) is 2. The van der Waals surface area contributed by atoms with Crippen LogP contribution in [0.5, 0.6) is 0 Å². The van der Waals surface area contributed by atoms with E-state index in [4.69, 9.17) is 10.6 Å². The van der Waals surface area contributed by atoms with Gasteiger partial charge in [0.15, 0.2) is 0 Å². The third kappa shape index (κ3) is 4.28. The lowest BCUT2D eigenvalue weighted by molar-refractivity contribution is 0.0292. The Kier molecular flexibility index (Phi) is 5.42. The number of benzene rings is 1. The van der Waals surface area contributed by atoms with Crippen LogP contribution in [0.25, 0.3) is 5.57 Å². The van der Waals surface area contributed by atoms with E-state index in [9.17, 15) is 4.79 Å². The van der Waals surface area contributed by atoms with Crippen molar-refractivity contribution in [2.75, 3.05) is 25.5 Å². The van der Waals surface area contributed by atoms with Crippen molar-refractivity contribution in [3.05, 3.63) is 59.8 Å². The van der Waals surface area contributed by atoms with Crippen LogP contribution in [0.2, 0.25) is 0 Å². The van der Waals surface area contributed by atoms with Crippen molar-refractivity contribution in [3.8, 4) is 0 Å². The highest BCUT2D eigenvalue weighted by Gasteiger charge is 2.33. The second-order valence-electron chi connectivity index (χ2n) is 8.84. The van der Waals surface area contributed by atoms with Gasteiger partial charge in [-0.15, -0.1) is 0 Å². The molecular weight excluding hydrogens is 380 g/mol. The molecule has 0 saturated carbocycles. The maximum atomic E-state index is 12.3. The van der Waals surface area contributed by atoms with Crippen LogP contribution in [-0.2, 0) is 4.74 Å². The standard InChI is InChI=1S/C22H30N6O2/c1-22(2,3)30-21(29)27-10-9-16(14-27)20-26-13-18(28(20)23)17-11-24-19(25-12-17)15-7-5-4-6-8-15/h4-8,11,13,16,19,24-25H,9-10,12,14,23H2,1-3H3. The average molecular weight is 411 g/mol. The predicted octanol–water partition coefficient (Wildman–Crippen LogP) is 2.55. The molecule has 2 aromatic rings. The number of rotatable bonds is 3. The number of likely N-dealkylation sites (tertiary alicyclic amines) is 1. The van der Waals surface area contributed by atoms with E-state index in [-0.39, 0.29) is 18.2 Å². The molecule has 8 nitrogen and oxygen atoms in total. The van der Waals surface area contributed by atoms with E-state index < -0.39 is 5.60 Å². The summed E-state index contributed by atoms with van der Waals surface area (Å²) in [7, 11) is 0. The third-order valence-corrected chi connectivity index (χ3v) is 5.41. The number of amides is 1. The van der Waals surface area contributed by atoms with Gasteiger partial charge < -0.3 is 20.8 Å². The van der Waals surface area contributed by atoms with Crippen molar-refractivity contribution in [3.63, 3.8) is 0 Å². The topological polar surface area (TPSA) is 97.4 Å². The molecule has 4 N–H and O–H groups in total. The molecule has 2 atom stereocenters. The van der Waals surface area contributed by atoms with Gasteiger partial charge in [-0.1, -0.05) is 30.3 Å². The summed E-state index contributed by atoms with van der Waals surface area (Å²) in [5, 5.41) is 6.88. The molecule has 1 aromatic carbocycles. The zero-order valence-corrected chi connectivity index (χ0v) is 17.8. The molecule has 2 aliphatic heterocycles. The fraction of sp³-hybridized carbons (Fsp3) is 0.455. The van der Waals surface area contributed by atoms with E-state index in [2.05, 4.69) is 27.8 Å². The van der Waals surface area contributed by atoms with Crippen molar-refractivity contribution < 1.29 is 9.53 Å². The highest BCUT2D eigenvalue weighted by atomic mass is 16.6. The molecule has 8 heteroatoms. The van der Waals surface area contributed by atoms with Crippen molar-refractivity contribution in [1.29, 1.82) is 0 Å². The van der Waals surface area contributed by atoms with Gasteiger partial charge in [0, 0.05) is 37.3 Å². The molecule has 4 rings (SSSR count). The molecule has 0 radical (unpaired) electrons. The summed E-state index contributed by atoms with van der Waals surface area (Å²) >= 11 is 0. The third-order valence-electron chi connectivity index (χ3n) is 5.41. The highest BCUT2D eigenvalue weighted by Crippen LogP contribution is 2.29. The minimum atomic E-state index is -0.500. The van der Waals surface area contributed by atoms with Gasteiger partial charge in [0.05, 0.1) is 11.9 Å². The zero-order chi connectivity index (χ0) is 21.3. The van der Waals surface area contributed by atoms with Gasteiger partial charge in [-0.3, -0.25) is 5.32 Å². The van der Waals surface area contributed by atoms with Crippen LogP contribution in [-0.4, -0.2) is 45.9 Å². The van der Waals surface area contributed by atoms with Crippen molar-refractivity contribution in [2.24, 2.45) is 0 Å². The summed E-state index contributed by atoms with van der Waals surface area (Å²) in [4.78, 5) is 18.7. The zero-order valence-electron chi connectivity index (χ0n) is 17.8. The normalized spacial score (nSPS) is 21.8. The fourth-order valence-corrected chi connectivity index (χ4v) is 3.91. The molecule has 1 fully saturated rings. The van der Waals surface area contributed by atoms with Crippen LogP contribution in [0.1, 0.15) is 56.4 Å². The van der Waals surface area contributed by atoms with Crippen molar-refractivity contribution in [2.45, 2.75) is 44.9 Å². The number of nitrogen functional groups attached to an aromatic ring is 1. The van der Waals surface area contributed by atoms with E-state index in [0.717, 1.165) is 23.5 Å². The minimum absolute atomic E-state index is 0.0702. The molecule has 0 bridgehead atoms. The van der Waals surface area contributed by atoms with Gasteiger partial charge in [-0.05, 0) is 32.8 Å². The van der Waals surface area contributed by atoms with E-state index >= 15 is 0 Å². The number of carbonyl (C=O) groups is 1. The fourth-order valence-electron chi connectivity index (χ4n) is 3.91. The lowest BCUT2D eigenvalue weighted by atomic mass is 10.1. The van der Waals surface area contributed by atoms with Crippen LogP contribution in [0.3, 0.4) is 0 Å². The maximum absolute atomic E-state index is 12.3. The molecule has 1 aromatic heterocycles. The SMILES string of the molecule is CC(C)(C)OC(=O)N1CCC(c2ncc(C3=CNC(c4ccccc4)NC3)n2N)C1. The molecule has 3 heterocycles. The van der Waals surface area contributed by atoms with Gasteiger partial charge in [0.25, 0.3) is 0 Å². The monoisotopic (exact) mass is 410 g/mol. The summed E-state index contributed by atoms with van der Waals surface area (Å²) in [5.41, 5.74) is 2.60. The number of nitrogens with two attached hydrogens (primary N) is 1. The molecule has 0 spiro atoms. The van der Waals surface area contributed by atoms with E-state index in [0.29, 0.717) is 19.6 Å². The lowest BCUT2D eigenvalue weighted by Crippen LogP contribution is -2.37. The Morgan fingerprint density at radius 2 is 2.03 bits per heavy atom. The molecular formula is C22H30N6O2. The molecule has 1 saturated heterocycles. The number of hydrogen-bond acceptors (Lipinski definition) is 6. The molecule has 2 unspecified atom stereocenters. The minimum Gasteiger partial charge on any atom is -0.444 e. The number of aromatic nitrogens is 2. The summed E-state index contributed by atoms with van der Waals surface area (Å²) in [6, 6.07) is 10.2. The summed E-state index contributed by atoms with van der Waals surface area (Å²) in [6.45, 7) is 7.52. The highest BCUT2D eigenvalue weighted by molar-refractivity contribution is 5.69. The lowest BCUT2D eigenvalue weighted by Gasteiger charge is -2.26. The Balaban J connectivity index is 1.42. The quantitative estimate of drug-likeness (QED) is 0.673. The summed E-state index contributed by atoms with van der Waals surface area (Å²) < 4.78 is 7.14. The first-order valence-corrected chi connectivity index (χ1v) is 10.4. The number of imidazole rings is 1. The summed E-state index contributed by atoms with van der Waals surface area (Å²) in [6.07, 6.45) is 4.42. The van der Waals surface area contributed by atoms with Crippen LogP contribution in [0.15, 0.2) is 42.7 Å². The first kappa shape index (κ1) is 20.3. The Hall–Kier alpha value is -3.00. The van der Waals surface area contributed by atoms with Crippen LogP contribution < -0.4 is 16.5 Å². The molecule has 0 aliphatic carbocycles. The van der Waals surface area contributed by atoms with Crippen molar-refractivity contribution >= 4 is 11.7 Å². The van der Waals surface area contributed by atoms with Gasteiger partial charge in [-0.2, -0.15) is 0 Å². The first-order chi connectivity index (χ1) is 14.3. The predicted molar refractivity (Wildman–Crippen MR) is 116 cm³/mol. The Morgan fingerprint density at radius 1 is 1.27 bits per heavy atom. The van der Waals surface area contributed by atoms with Gasteiger partial charge >= 0.3 is 6.09 Å². The summed E-state index contributed by atoms with van der Waals surface area (Å²) in [5.74, 6) is 7.30. The maximum Gasteiger partial charge on any atom is 0.410 e. The Morgan fingerprint density at radius 3 is 2.70 bits per heavy atom. The van der Waals surface area contributed by atoms with E-state index in [1.165, 1.54) is 5.56 Å². The number of ether oxygens (including phenoxy) is 1. The van der Waals surface area contributed by atoms with E-state index in [1.807, 2.05) is 51.4 Å².